The average Bonchev–Trinajstić information content (AvgIpc) is 3.31. The van der Waals surface area contributed by atoms with Crippen LogP contribution in [0.5, 0.6) is 0 Å². The molecule has 2 N–H and O–H groups in total. The van der Waals surface area contributed by atoms with E-state index in [2.05, 4.69) is 4.98 Å². The van der Waals surface area contributed by atoms with Crippen LogP contribution < -0.4 is 15.5 Å². The molecule has 1 aliphatic heterocycles. The number of fused-ring (bicyclic) bond motifs is 1. The van der Waals surface area contributed by atoms with Crippen LogP contribution >= 0.6 is 11.3 Å². The number of nitrogens with zero attached hydrogens (tertiary/aromatic N) is 3. The minimum atomic E-state index is -0.243. The minimum absolute atomic E-state index is 0.0694. The van der Waals surface area contributed by atoms with Crippen molar-refractivity contribution in [1.82, 2.24) is 4.98 Å². The molecule has 1 atom stereocenters. The quantitative estimate of drug-likeness (QED) is 0.733. The van der Waals surface area contributed by atoms with Gasteiger partial charge in [0.1, 0.15) is 10.0 Å². The third-order valence-electron chi connectivity index (χ3n) is 4.50. The van der Waals surface area contributed by atoms with Gasteiger partial charge >= 0.3 is 0 Å². The number of carbonyl (C=O) groups is 2. The zero-order valence-electron chi connectivity index (χ0n) is 14.9. The molecule has 3 aromatic rings. The summed E-state index contributed by atoms with van der Waals surface area (Å²) in [4.78, 5) is 32.9. The van der Waals surface area contributed by atoms with E-state index >= 15 is 0 Å². The first kappa shape index (κ1) is 17.3. The maximum Gasteiger partial charge on any atom is 0.294 e. The molecule has 1 aliphatic rings. The minimum Gasteiger partial charge on any atom is -0.459 e. The number of hydrogen-bond donors (Lipinski definition) is 1. The largest absolute Gasteiger partial charge is 0.459 e. The first-order valence-corrected chi connectivity index (χ1v) is 9.28. The summed E-state index contributed by atoms with van der Waals surface area (Å²) in [6, 6.07) is 8.77. The Morgan fingerprint density at radius 2 is 2.11 bits per heavy atom. The third-order valence-corrected chi connectivity index (χ3v) is 5.38. The normalized spacial score (nSPS) is 16.3. The molecule has 8 heteroatoms. The highest BCUT2D eigenvalue weighted by Gasteiger charge is 2.35. The van der Waals surface area contributed by atoms with Gasteiger partial charge in [0.15, 0.2) is 5.76 Å². The summed E-state index contributed by atoms with van der Waals surface area (Å²) in [7, 11) is 0. The molecule has 0 spiro atoms. The third kappa shape index (κ3) is 2.97. The second-order valence-electron chi connectivity index (χ2n) is 6.40. The van der Waals surface area contributed by atoms with Crippen LogP contribution in [0.2, 0.25) is 0 Å². The molecular formula is C19H18N4O3S. The molecule has 0 bridgehead atoms. The van der Waals surface area contributed by atoms with E-state index in [1.54, 1.807) is 28.1 Å². The Bertz CT molecular complexity index is 1010. The van der Waals surface area contributed by atoms with Crippen molar-refractivity contribution in [2.24, 2.45) is 0 Å². The fourth-order valence-electron chi connectivity index (χ4n) is 3.38. The molecule has 0 fully saturated rings. The predicted octanol–water partition coefficient (Wildman–Crippen LogP) is 3.39. The smallest absolute Gasteiger partial charge is 0.294 e. The van der Waals surface area contributed by atoms with E-state index < -0.39 is 0 Å². The second kappa shape index (κ2) is 6.55. The summed E-state index contributed by atoms with van der Waals surface area (Å²) in [5.41, 5.74) is 7.98. The first-order valence-electron chi connectivity index (χ1n) is 8.46. The van der Waals surface area contributed by atoms with E-state index in [1.165, 1.54) is 24.5 Å². The van der Waals surface area contributed by atoms with E-state index in [9.17, 15) is 9.59 Å². The molecule has 27 heavy (non-hydrogen) atoms. The number of aromatic nitrogens is 1. The van der Waals surface area contributed by atoms with E-state index in [0.717, 1.165) is 10.6 Å². The molecule has 2 aromatic heterocycles. The van der Waals surface area contributed by atoms with Crippen molar-refractivity contribution in [2.75, 3.05) is 22.1 Å². The van der Waals surface area contributed by atoms with Crippen LogP contribution in [0.15, 0.2) is 47.2 Å². The molecule has 4 rings (SSSR count). The molecule has 7 nitrogen and oxygen atoms in total. The van der Waals surface area contributed by atoms with E-state index in [-0.39, 0.29) is 23.6 Å². The fourth-order valence-corrected chi connectivity index (χ4v) is 4.06. The molecule has 0 aliphatic carbocycles. The van der Waals surface area contributed by atoms with Crippen LogP contribution in [-0.2, 0) is 4.79 Å². The molecule has 2 amide bonds. The Morgan fingerprint density at radius 1 is 1.30 bits per heavy atom. The number of anilines is 3. The number of amides is 2. The number of nitrogens with two attached hydrogens (primary N) is 1. The van der Waals surface area contributed by atoms with E-state index in [4.69, 9.17) is 10.2 Å². The molecule has 138 valence electrons. The Labute approximate surface area is 160 Å². The second-order valence-corrected chi connectivity index (χ2v) is 7.46. The molecule has 0 saturated carbocycles. The lowest BCUT2D eigenvalue weighted by Gasteiger charge is -2.40. The van der Waals surface area contributed by atoms with Gasteiger partial charge in [0, 0.05) is 19.0 Å². The topological polar surface area (TPSA) is 92.7 Å². The predicted molar refractivity (Wildman–Crippen MR) is 105 cm³/mol. The van der Waals surface area contributed by atoms with Crippen molar-refractivity contribution in [2.45, 2.75) is 19.9 Å². The van der Waals surface area contributed by atoms with Gasteiger partial charge in [-0.15, -0.1) is 0 Å². The lowest BCUT2D eigenvalue weighted by atomic mass is 10.0. The summed E-state index contributed by atoms with van der Waals surface area (Å²) in [5.74, 6) is -0.0551. The van der Waals surface area contributed by atoms with Gasteiger partial charge in [-0.1, -0.05) is 11.3 Å². The lowest BCUT2D eigenvalue weighted by molar-refractivity contribution is -0.117. The Kier molecular flexibility index (Phi) is 4.19. The lowest BCUT2D eigenvalue weighted by Crippen LogP contribution is -2.51. The number of hydrogen-bond acceptors (Lipinski definition) is 6. The number of nitrogen functional groups attached to an aromatic ring is 1. The van der Waals surface area contributed by atoms with Gasteiger partial charge in [-0.25, -0.2) is 4.98 Å². The van der Waals surface area contributed by atoms with Gasteiger partial charge < -0.3 is 20.0 Å². The van der Waals surface area contributed by atoms with Gasteiger partial charge in [0.05, 0.1) is 29.9 Å². The number of carbonyl (C=O) groups excluding carboxylic acids is 2. The van der Waals surface area contributed by atoms with Crippen LogP contribution in [0.4, 0.5) is 16.4 Å². The average molecular weight is 382 g/mol. The van der Waals surface area contributed by atoms with Gasteiger partial charge in [0.2, 0.25) is 5.91 Å². The number of rotatable bonds is 2. The van der Waals surface area contributed by atoms with Crippen molar-refractivity contribution in [1.29, 1.82) is 0 Å². The summed E-state index contributed by atoms with van der Waals surface area (Å²) in [6.07, 6.45) is 3.08. The highest BCUT2D eigenvalue weighted by atomic mass is 32.1. The van der Waals surface area contributed by atoms with Crippen LogP contribution in [-0.4, -0.2) is 29.4 Å². The summed E-state index contributed by atoms with van der Waals surface area (Å²) in [5, 5.41) is 1.37. The Morgan fingerprint density at radius 3 is 2.74 bits per heavy atom. The van der Waals surface area contributed by atoms with Gasteiger partial charge in [-0.3, -0.25) is 9.59 Å². The van der Waals surface area contributed by atoms with Gasteiger partial charge in [-0.05, 0) is 37.3 Å². The highest BCUT2D eigenvalue weighted by Crippen LogP contribution is 2.40. The molecule has 1 aromatic carbocycles. The van der Waals surface area contributed by atoms with Crippen molar-refractivity contribution in [3.8, 4) is 10.6 Å². The first-order chi connectivity index (χ1) is 13.0. The zero-order valence-corrected chi connectivity index (χ0v) is 15.7. The summed E-state index contributed by atoms with van der Waals surface area (Å²) >= 11 is 1.37. The summed E-state index contributed by atoms with van der Waals surface area (Å²) < 4.78 is 5.29. The fraction of sp³-hybridized carbons (Fsp3) is 0.211. The van der Waals surface area contributed by atoms with Crippen LogP contribution in [0.3, 0.4) is 0 Å². The maximum absolute atomic E-state index is 13.0. The zero-order chi connectivity index (χ0) is 19.1. The van der Waals surface area contributed by atoms with Gasteiger partial charge in [0.25, 0.3) is 5.91 Å². The summed E-state index contributed by atoms with van der Waals surface area (Å²) in [6.45, 7) is 3.82. The van der Waals surface area contributed by atoms with Crippen LogP contribution in [0, 0.1) is 0 Å². The molecular weight excluding hydrogens is 364 g/mol. The Balaban J connectivity index is 1.85. The van der Waals surface area contributed by atoms with E-state index in [1.807, 2.05) is 25.1 Å². The number of thiazole rings is 1. The van der Waals surface area contributed by atoms with Crippen LogP contribution in [0.1, 0.15) is 24.4 Å². The molecule has 0 radical (unpaired) electrons. The van der Waals surface area contributed by atoms with Crippen molar-refractivity contribution in [3.05, 3.63) is 48.6 Å². The highest BCUT2D eigenvalue weighted by molar-refractivity contribution is 7.18. The molecule has 3 heterocycles. The molecule has 1 unspecified atom stereocenters. The molecule has 0 saturated heterocycles. The van der Waals surface area contributed by atoms with Crippen molar-refractivity contribution < 1.29 is 14.0 Å². The van der Waals surface area contributed by atoms with E-state index in [0.29, 0.717) is 22.9 Å². The SMILES string of the molecule is CC(=O)N1c2ccc(-c3ncc(N)s3)cc2N(C(=O)c2ccco2)CC1C. The number of furan rings is 1. The number of benzene rings is 1. The van der Waals surface area contributed by atoms with Crippen LogP contribution in [0.25, 0.3) is 10.6 Å². The van der Waals surface area contributed by atoms with Crippen molar-refractivity contribution in [3.63, 3.8) is 0 Å². The Hall–Kier alpha value is -3.13. The standard InChI is InChI=1S/C19H18N4O3S/c1-11-10-22(19(25)16-4-3-7-26-16)15-8-13(18-21-9-17(20)27-18)5-6-14(15)23(11)12(2)24/h3-9,11H,10,20H2,1-2H3. The van der Waals surface area contributed by atoms with Crippen molar-refractivity contribution >= 4 is 39.5 Å². The maximum atomic E-state index is 13.0. The monoisotopic (exact) mass is 382 g/mol. The van der Waals surface area contributed by atoms with Gasteiger partial charge in [-0.2, -0.15) is 0 Å².